The lowest BCUT2D eigenvalue weighted by Gasteiger charge is -2.15. The summed E-state index contributed by atoms with van der Waals surface area (Å²) in [5.74, 6) is 0.510. The van der Waals surface area contributed by atoms with Crippen LogP contribution < -0.4 is 20.5 Å². The maximum absolute atomic E-state index is 12.1. The highest BCUT2D eigenvalue weighted by atomic mass is 79.9. The van der Waals surface area contributed by atoms with Crippen molar-refractivity contribution in [3.05, 3.63) is 57.0 Å². The number of carbonyl (C=O) groups is 1. The zero-order valence-electron chi connectivity index (χ0n) is 13.3. The first-order chi connectivity index (χ1) is 11.9. The van der Waals surface area contributed by atoms with Gasteiger partial charge in [0.25, 0.3) is 5.91 Å². The number of halogens is 2. The third-order valence-corrected chi connectivity index (χ3v) is 4.01. The van der Waals surface area contributed by atoms with Crippen molar-refractivity contribution in [2.45, 2.75) is 13.5 Å². The third kappa shape index (κ3) is 5.59. The van der Waals surface area contributed by atoms with Gasteiger partial charge in [0.15, 0.2) is 16.6 Å². The summed E-state index contributed by atoms with van der Waals surface area (Å²) in [5.41, 5.74) is 6.60. The predicted octanol–water partition coefficient (Wildman–Crippen LogP) is 4.05. The van der Waals surface area contributed by atoms with Gasteiger partial charge in [0.1, 0.15) is 6.61 Å². The highest BCUT2D eigenvalue weighted by Gasteiger charge is 2.16. The van der Waals surface area contributed by atoms with Gasteiger partial charge in [-0.1, -0.05) is 23.7 Å². The van der Waals surface area contributed by atoms with Crippen LogP contribution >= 0.6 is 39.7 Å². The molecule has 0 unspecified atom stereocenters. The molecule has 0 aliphatic rings. The van der Waals surface area contributed by atoms with E-state index in [9.17, 15) is 4.79 Å². The number of hydrogen-bond acceptors (Lipinski definition) is 4. The van der Waals surface area contributed by atoms with Crippen molar-refractivity contribution in [1.82, 2.24) is 5.32 Å². The van der Waals surface area contributed by atoms with Gasteiger partial charge in [-0.25, -0.2) is 0 Å². The molecule has 0 radical (unpaired) electrons. The molecule has 0 saturated heterocycles. The van der Waals surface area contributed by atoms with Crippen LogP contribution in [0.25, 0.3) is 0 Å². The van der Waals surface area contributed by atoms with Crippen molar-refractivity contribution in [3.63, 3.8) is 0 Å². The number of hydrogen-bond donors (Lipinski definition) is 2. The Bertz CT molecular complexity index is 801. The largest absolute Gasteiger partial charge is 0.490 e. The van der Waals surface area contributed by atoms with E-state index in [-0.39, 0.29) is 5.11 Å². The first-order valence-electron chi connectivity index (χ1n) is 7.35. The van der Waals surface area contributed by atoms with E-state index in [1.807, 2.05) is 25.1 Å². The molecule has 132 valence electrons. The molecule has 1 amide bonds. The summed E-state index contributed by atoms with van der Waals surface area (Å²) in [7, 11) is 0. The number of benzene rings is 2. The van der Waals surface area contributed by atoms with Gasteiger partial charge in [0, 0.05) is 10.6 Å². The summed E-state index contributed by atoms with van der Waals surface area (Å²) in [6.45, 7) is 2.56. The molecule has 2 rings (SSSR count). The number of thiocarbonyl (C=S) groups is 1. The van der Waals surface area contributed by atoms with Crippen LogP contribution in [0.5, 0.6) is 11.5 Å². The fourth-order valence-corrected chi connectivity index (χ4v) is 2.93. The lowest BCUT2D eigenvalue weighted by Crippen LogP contribution is -2.34. The Hall–Kier alpha value is -1.83. The molecule has 2 aromatic rings. The summed E-state index contributed by atoms with van der Waals surface area (Å²) < 4.78 is 12.0. The molecule has 0 aromatic heterocycles. The maximum Gasteiger partial charge on any atom is 0.257 e. The third-order valence-electron chi connectivity index (χ3n) is 3.08. The van der Waals surface area contributed by atoms with E-state index in [1.54, 1.807) is 18.2 Å². The van der Waals surface area contributed by atoms with Gasteiger partial charge in [-0.05, 0) is 64.9 Å². The fourth-order valence-electron chi connectivity index (χ4n) is 2.07. The molecule has 0 saturated carbocycles. The van der Waals surface area contributed by atoms with Crippen LogP contribution in [0.1, 0.15) is 22.8 Å². The lowest BCUT2D eigenvalue weighted by molar-refractivity contribution is 0.0977. The van der Waals surface area contributed by atoms with Crippen LogP contribution in [0.2, 0.25) is 5.02 Å². The number of nitrogens with two attached hydrogens (primary N) is 1. The zero-order chi connectivity index (χ0) is 18.4. The van der Waals surface area contributed by atoms with Gasteiger partial charge >= 0.3 is 0 Å². The first kappa shape index (κ1) is 19.5. The Kier molecular flexibility index (Phi) is 7.04. The fraction of sp³-hybridized carbons (Fsp3) is 0.176. The van der Waals surface area contributed by atoms with Crippen molar-refractivity contribution in [1.29, 1.82) is 0 Å². The SMILES string of the molecule is CCOc1cc(C(=O)NC(N)=S)cc(Br)c1OCc1cccc(Cl)c1. The second-order valence-corrected chi connectivity index (χ2v) is 6.69. The van der Waals surface area contributed by atoms with Gasteiger partial charge in [-0.2, -0.15) is 0 Å². The number of nitrogens with one attached hydrogen (secondary N) is 1. The first-order valence-corrected chi connectivity index (χ1v) is 8.93. The molecule has 0 atom stereocenters. The maximum atomic E-state index is 12.1. The molecule has 0 aliphatic heterocycles. The smallest absolute Gasteiger partial charge is 0.257 e. The molecule has 5 nitrogen and oxygen atoms in total. The standard InChI is InChI=1S/C17H16BrClN2O3S/c1-2-23-14-8-11(16(22)21-17(20)25)7-13(18)15(14)24-9-10-4-3-5-12(19)6-10/h3-8H,2,9H2,1H3,(H3,20,21,22,25). The van der Waals surface area contributed by atoms with Gasteiger partial charge < -0.3 is 15.2 Å². The number of amides is 1. The summed E-state index contributed by atoms with van der Waals surface area (Å²) >= 11 is 14.1. The van der Waals surface area contributed by atoms with E-state index in [0.717, 1.165) is 5.56 Å². The molecular weight excluding hydrogens is 428 g/mol. The number of carbonyl (C=O) groups excluding carboxylic acids is 1. The molecular formula is C17H16BrClN2O3S. The average molecular weight is 444 g/mol. The lowest BCUT2D eigenvalue weighted by atomic mass is 10.2. The van der Waals surface area contributed by atoms with E-state index in [1.165, 1.54) is 0 Å². The predicted molar refractivity (Wildman–Crippen MR) is 105 cm³/mol. The summed E-state index contributed by atoms with van der Waals surface area (Å²) in [6.07, 6.45) is 0. The van der Waals surface area contributed by atoms with Crippen LogP contribution in [0.4, 0.5) is 0 Å². The van der Waals surface area contributed by atoms with Crippen molar-refractivity contribution in [2.75, 3.05) is 6.61 Å². The minimum absolute atomic E-state index is 0.0969. The summed E-state index contributed by atoms with van der Waals surface area (Å²) in [6, 6.07) is 10.6. The van der Waals surface area contributed by atoms with E-state index >= 15 is 0 Å². The Morgan fingerprint density at radius 3 is 2.72 bits per heavy atom. The van der Waals surface area contributed by atoms with Crippen molar-refractivity contribution in [2.24, 2.45) is 5.73 Å². The molecule has 0 spiro atoms. The van der Waals surface area contributed by atoms with Crippen LogP contribution in [0.15, 0.2) is 40.9 Å². The minimum Gasteiger partial charge on any atom is -0.490 e. The van der Waals surface area contributed by atoms with Gasteiger partial charge in [0.2, 0.25) is 0 Å². The van der Waals surface area contributed by atoms with Crippen LogP contribution in [-0.4, -0.2) is 17.6 Å². The van der Waals surface area contributed by atoms with E-state index in [2.05, 4.69) is 33.5 Å². The van der Waals surface area contributed by atoms with Crippen LogP contribution in [-0.2, 0) is 6.61 Å². The molecule has 0 aliphatic carbocycles. The highest BCUT2D eigenvalue weighted by Crippen LogP contribution is 2.37. The molecule has 2 aromatic carbocycles. The highest BCUT2D eigenvalue weighted by molar-refractivity contribution is 9.10. The van der Waals surface area contributed by atoms with Gasteiger partial charge in [0.05, 0.1) is 11.1 Å². The molecule has 0 bridgehead atoms. The van der Waals surface area contributed by atoms with Crippen molar-refractivity contribution < 1.29 is 14.3 Å². The molecule has 25 heavy (non-hydrogen) atoms. The van der Waals surface area contributed by atoms with Gasteiger partial charge in [-0.3, -0.25) is 10.1 Å². The monoisotopic (exact) mass is 442 g/mol. The molecule has 0 heterocycles. The Labute approximate surface area is 164 Å². The van der Waals surface area contributed by atoms with Crippen LogP contribution in [0.3, 0.4) is 0 Å². The second-order valence-electron chi connectivity index (χ2n) is 4.96. The Morgan fingerprint density at radius 2 is 2.08 bits per heavy atom. The van der Waals surface area contributed by atoms with Gasteiger partial charge in [-0.15, -0.1) is 0 Å². The quantitative estimate of drug-likeness (QED) is 0.659. The van der Waals surface area contributed by atoms with E-state index < -0.39 is 5.91 Å². The summed E-state index contributed by atoms with van der Waals surface area (Å²) in [4.78, 5) is 12.1. The van der Waals surface area contributed by atoms with E-state index in [0.29, 0.717) is 39.8 Å². The Morgan fingerprint density at radius 1 is 1.32 bits per heavy atom. The molecule has 8 heteroatoms. The van der Waals surface area contributed by atoms with Crippen LogP contribution in [0, 0.1) is 0 Å². The zero-order valence-corrected chi connectivity index (χ0v) is 16.5. The summed E-state index contributed by atoms with van der Waals surface area (Å²) in [5, 5.41) is 2.91. The average Bonchev–Trinajstić information content (AvgIpc) is 2.53. The topological polar surface area (TPSA) is 73.6 Å². The normalized spacial score (nSPS) is 10.2. The second kappa shape index (κ2) is 9.03. The number of ether oxygens (including phenoxy) is 2. The molecule has 0 fully saturated rings. The molecule has 3 N–H and O–H groups in total. The van der Waals surface area contributed by atoms with E-state index in [4.69, 9.17) is 26.8 Å². The minimum atomic E-state index is -0.421. The Balaban J connectivity index is 2.27. The van der Waals surface area contributed by atoms with Crippen molar-refractivity contribution in [3.8, 4) is 11.5 Å². The number of rotatable bonds is 6. The van der Waals surface area contributed by atoms with Crippen molar-refractivity contribution >= 4 is 50.8 Å².